The summed E-state index contributed by atoms with van der Waals surface area (Å²) in [5.74, 6) is 0.426. The van der Waals surface area contributed by atoms with Gasteiger partial charge in [-0.05, 0) is 18.9 Å². The van der Waals surface area contributed by atoms with E-state index in [1.54, 1.807) is 12.1 Å². The molecule has 1 atom stereocenters. The van der Waals surface area contributed by atoms with Gasteiger partial charge >= 0.3 is 0 Å². The zero-order valence-corrected chi connectivity index (χ0v) is 12.9. The summed E-state index contributed by atoms with van der Waals surface area (Å²) in [7, 11) is 0. The number of aryl methyl sites for hydroxylation is 2. The Labute approximate surface area is 129 Å². The summed E-state index contributed by atoms with van der Waals surface area (Å²) in [5.41, 5.74) is 2.53. The lowest BCUT2D eigenvalue weighted by molar-refractivity contribution is 0.191. The lowest BCUT2D eigenvalue weighted by Gasteiger charge is -2.14. The Morgan fingerprint density at radius 1 is 1.14 bits per heavy atom. The Hall–Kier alpha value is -1.72. The number of aliphatic hydroxyl groups excluding tert-OH is 1. The van der Waals surface area contributed by atoms with E-state index in [0.29, 0.717) is 16.5 Å². The van der Waals surface area contributed by atoms with E-state index >= 15 is 0 Å². The van der Waals surface area contributed by atoms with Gasteiger partial charge in [-0.15, -0.1) is 5.10 Å². The topological polar surface area (TPSA) is 70.9 Å². The van der Waals surface area contributed by atoms with Gasteiger partial charge in [-0.1, -0.05) is 43.6 Å². The first-order chi connectivity index (χ1) is 10.2. The molecule has 0 aliphatic rings. The van der Waals surface area contributed by atoms with Crippen molar-refractivity contribution in [2.45, 2.75) is 32.8 Å². The van der Waals surface area contributed by atoms with Crippen molar-refractivity contribution in [2.75, 3.05) is 11.9 Å². The van der Waals surface area contributed by atoms with Gasteiger partial charge < -0.3 is 10.4 Å². The number of halogens is 1. The van der Waals surface area contributed by atoms with Gasteiger partial charge in [0.15, 0.2) is 0 Å². The molecule has 6 heteroatoms. The highest BCUT2D eigenvalue weighted by atomic mass is 35.5. The molecule has 0 saturated carbocycles. The smallest absolute Gasteiger partial charge is 0.243 e. The van der Waals surface area contributed by atoms with Crippen molar-refractivity contribution in [3.8, 4) is 0 Å². The van der Waals surface area contributed by atoms with E-state index in [2.05, 4.69) is 20.5 Å². The average molecular weight is 307 g/mol. The third kappa shape index (κ3) is 3.89. The van der Waals surface area contributed by atoms with Crippen LogP contribution in [0, 0.1) is 0 Å². The summed E-state index contributed by atoms with van der Waals surface area (Å²) < 4.78 is 0. The van der Waals surface area contributed by atoms with Crippen LogP contribution in [0.4, 0.5) is 5.95 Å². The fourth-order valence-electron chi connectivity index (χ4n) is 2.06. The van der Waals surface area contributed by atoms with Gasteiger partial charge in [-0.25, -0.2) is 4.98 Å². The van der Waals surface area contributed by atoms with Crippen molar-refractivity contribution >= 4 is 17.5 Å². The molecule has 2 N–H and O–H groups in total. The van der Waals surface area contributed by atoms with Gasteiger partial charge in [0.25, 0.3) is 0 Å². The Balaban J connectivity index is 2.04. The predicted octanol–water partition coefficient (Wildman–Crippen LogP) is 2.80. The van der Waals surface area contributed by atoms with Gasteiger partial charge in [0.05, 0.1) is 17.5 Å². The Morgan fingerprint density at radius 2 is 1.86 bits per heavy atom. The van der Waals surface area contributed by atoms with E-state index in [1.165, 1.54) is 0 Å². The molecule has 2 rings (SSSR count). The highest BCUT2D eigenvalue weighted by Gasteiger charge is 2.12. The van der Waals surface area contributed by atoms with Crippen molar-refractivity contribution in [2.24, 2.45) is 0 Å². The first kappa shape index (κ1) is 15.7. The van der Waals surface area contributed by atoms with E-state index in [-0.39, 0.29) is 6.54 Å². The van der Waals surface area contributed by atoms with E-state index in [9.17, 15) is 5.11 Å². The minimum absolute atomic E-state index is 0.278. The van der Waals surface area contributed by atoms with Crippen molar-refractivity contribution < 1.29 is 5.11 Å². The highest BCUT2D eigenvalue weighted by molar-refractivity contribution is 6.31. The molecule has 112 valence electrons. The fraction of sp³-hybridized carbons (Fsp3) is 0.400. The van der Waals surface area contributed by atoms with Crippen molar-refractivity contribution in [3.63, 3.8) is 0 Å². The van der Waals surface area contributed by atoms with Gasteiger partial charge in [0.2, 0.25) is 5.95 Å². The van der Waals surface area contributed by atoms with Crippen LogP contribution in [-0.4, -0.2) is 26.8 Å². The van der Waals surface area contributed by atoms with Gasteiger partial charge in [-0.2, -0.15) is 5.10 Å². The molecule has 5 nitrogen and oxygen atoms in total. The summed E-state index contributed by atoms with van der Waals surface area (Å²) in [6.45, 7) is 4.34. The molecule has 0 bridgehead atoms. The second-order valence-corrected chi connectivity index (χ2v) is 5.06. The molecule has 1 unspecified atom stereocenters. The summed E-state index contributed by atoms with van der Waals surface area (Å²) in [6, 6.07) is 7.22. The molecular weight excluding hydrogens is 288 g/mol. The van der Waals surface area contributed by atoms with Crippen LogP contribution in [0.5, 0.6) is 0 Å². The Morgan fingerprint density at radius 3 is 2.52 bits per heavy atom. The number of rotatable bonds is 6. The fourth-order valence-corrected chi connectivity index (χ4v) is 2.32. The maximum Gasteiger partial charge on any atom is 0.243 e. The van der Waals surface area contributed by atoms with E-state index in [1.807, 2.05) is 26.0 Å². The third-order valence-electron chi connectivity index (χ3n) is 3.23. The second-order valence-electron chi connectivity index (χ2n) is 4.65. The quantitative estimate of drug-likeness (QED) is 0.858. The predicted molar refractivity (Wildman–Crippen MR) is 83.5 cm³/mol. The van der Waals surface area contributed by atoms with Crippen LogP contribution < -0.4 is 5.32 Å². The standard InChI is InChI=1S/C15H19ClN4O/c1-3-12-13(4-2)19-20-15(18-12)17-9-14(21)10-7-5-6-8-11(10)16/h5-8,14,21H,3-4,9H2,1-2H3,(H,17,18,20). The minimum atomic E-state index is -0.724. The maximum absolute atomic E-state index is 10.2. The first-order valence-corrected chi connectivity index (χ1v) is 7.42. The van der Waals surface area contributed by atoms with E-state index in [4.69, 9.17) is 11.6 Å². The van der Waals surface area contributed by atoms with Gasteiger partial charge in [0.1, 0.15) is 0 Å². The summed E-state index contributed by atoms with van der Waals surface area (Å²) in [5, 5.41) is 21.9. The van der Waals surface area contributed by atoms with Gasteiger partial charge in [0, 0.05) is 17.1 Å². The second kappa shape index (κ2) is 7.33. The number of hydrogen-bond donors (Lipinski definition) is 2. The lowest BCUT2D eigenvalue weighted by atomic mass is 10.1. The molecular formula is C15H19ClN4O. The maximum atomic E-state index is 10.2. The number of anilines is 1. The molecule has 0 aliphatic heterocycles. The molecule has 0 aliphatic carbocycles. The van der Waals surface area contributed by atoms with Crippen molar-refractivity contribution in [1.29, 1.82) is 0 Å². The van der Waals surface area contributed by atoms with E-state index in [0.717, 1.165) is 24.2 Å². The summed E-state index contributed by atoms with van der Waals surface area (Å²) in [4.78, 5) is 4.42. The van der Waals surface area contributed by atoms with Crippen LogP contribution in [0.3, 0.4) is 0 Å². The Kier molecular flexibility index (Phi) is 5.47. The van der Waals surface area contributed by atoms with Crippen LogP contribution in [0.2, 0.25) is 5.02 Å². The van der Waals surface area contributed by atoms with Crippen molar-refractivity contribution in [3.05, 3.63) is 46.2 Å². The highest BCUT2D eigenvalue weighted by Crippen LogP contribution is 2.22. The minimum Gasteiger partial charge on any atom is -0.387 e. The van der Waals surface area contributed by atoms with Crippen LogP contribution in [0.15, 0.2) is 24.3 Å². The molecule has 2 aromatic rings. The van der Waals surface area contributed by atoms with E-state index < -0.39 is 6.10 Å². The third-order valence-corrected chi connectivity index (χ3v) is 3.57. The zero-order valence-electron chi connectivity index (χ0n) is 12.2. The molecule has 0 saturated heterocycles. The average Bonchev–Trinajstić information content (AvgIpc) is 2.52. The number of benzene rings is 1. The molecule has 1 aromatic carbocycles. The van der Waals surface area contributed by atoms with Crippen LogP contribution >= 0.6 is 11.6 Å². The van der Waals surface area contributed by atoms with Crippen molar-refractivity contribution in [1.82, 2.24) is 15.2 Å². The molecule has 1 aromatic heterocycles. The van der Waals surface area contributed by atoms with Crippen LogP contribution in [0.1, 0.15) is 36.9 Å². The van der Waals surface area contributed by atoms with Crippen LogP contribution in [0.25, 0.3) is 0 Å². The normalized spacial score (nSPS) is 12.2. The Bertz CT molecular complexity index is 606. The largest absolute Gasteiger partial charge is 0.387 e. The number of aromatic nitrogens is 3. The molecule has 0 radical (unpaired) electrons. The number of nitrogens with zero attached hydrogens (tertiary/aromatic N) is 3. The molecule has 0 spiro atoms. The number of hydrogen-bond acceptors (Lipinski definition) is 5. The number of nitrogens with one attached hydrogen (secondary N) is 1. The number of aliphatic hydroxyl groups is 1. The first-order valence-electron chi connectivity index (χ1n) is 7.04. The van der Waals surface area contributed by atoms with Crippen LogP contribution in [-0.2, 0) is 12.8 Å². The SMILES string of the molecule is CCc1nnc(NCC(O)c2ccccc2Cl)nc1CC. The zero-order chi connectivity index (χ0) is 15.2. The lowest BCUT2D eigenvalue weighted by Crippen LogP contribution is -2.16. The molecule has 21 heavy (non-hydrogen) atoms. The molecule has 1 heterocycles. The van der Waals surface area contributed by atoms with Gasteiger partial charge in [-0.3, -0.25) is 0 Å². The summed E-state index contributed by atoms with van der Waals surface area (Å²) in [6.07, 6.45) is 0.893. The summed E-state index contributed by atoms with van der Waals surface area (Å²) >= 11 is 6.06. The monoisotopic (exact) mass is 306 g/mol. The molecule has 0 amide bonds. The molecule has 0 fully saturated rings.